The number of amides is 1. The quantitative estimate of drug-likeness (QED) is 0.126. The number of aliphatic carboxylic acids is 1. The fourth-order valence-corrected chi connectivity index (χ4v) is 8.93. The Labute approximate surface area is 379 Å². The second-order valence-electron chi connectivity index (χ2n) is 16.3. The van der Waals surface area contributed by atoms with Gasteiger partial charge in [-0.05, 0) is 28.7 Å². The number of hydrogen-bond acceptors (Lipinski definition) is 17. The van der Waals surface area contributed by atoms with Gasteiger partial charge < -0.3 is 57.8 Å². The van der Waals surface area contributed by atoms with E-state index in [0.29, 0.717) is 5.56 Å². The van der Waals surface area contributed by atoms with Crippen molar-refractivity contribution in [1.29, 1.82) is 0 Å². The van der Waals surface area contributed by atoms with Crippen LogP contribution in [-0.2, 0) is 80.9 Å². The van der Waals surface area contributed by atoms with Gasteiger partial charge in [0.1, 0.15) is 37.6 Å². The van der Waals surface area contributed by atoms with Gasteiger partial charge in [-0.2, -0.15) is 0 Å². The molecule has 3 fully saturated rings. The van der Waals surface area contributed by atoms with Gasteiger partial charge in [0.05, 0.1) is 18.8 Å². The summed E-state index contributed by atoms with van der Waals surface area (Å²) in [4.78, 5) is 89.9. The van der Waals surface area contributed by atoms with Crippen LogP contribution in [-0.4, -0.2) is 128 Å². The van der Waals surface area contributed by atoms with E-state index in [0.717, 1.165) is 49.9 Å². The summed E-state index contributed by atoms with van der Waals surface area (Å²) in [6.45, 7) is 4.65. The maximum absolute atomic E-state index is 14.0. The van der Waals surface area contributed by atoms with Gasteiger partial charge in [0.15, 0.2) is 36.8 Å². The Bertz CT molecular complexity index is 2240. The lowest BCUT2D eigenvalue weighted by Gasteiger charge is -2.52. The SMILES string of the molecule is CC(=O)N[C@@H]1[C@@H](O[C@@H]2O[C@H](COC(C)=O)[C@H](OC(C)=O)[C@H](OC(C)=O)[C@H]2OC(C)=O)[C@H]2OC(c3ccccc3)OC[C@H]2O[C@@H]1C[C@@H](C(=O)O)C(=O)OCC1c2ccccc2-c2ccccc21. The largest absolute Gasteiger partial charge is 0.481 e. The maximum atomic E-state index is 14.0. The van der Waals surface area contributed by atoms with E-state index >= 15 is 0 Å². The molecule has 0 radical (unpaired) electrons. The molecule has 4 aliphatic rings. The summed E-state index contributed by atoms with van der Waals surface area (Å²) in [5.41, 5.74) is 4.38. The Hall–Kier alpha value is -6.25. The van der Waals surface area contributed by atoms with Crippen LogP contribution in [0, 0.1) is 5.92 Å². The van der Waals surface area contributed by atoms with Crippen LogP contribution >= 0.6 is 0 Å². The van der Waals surface area contributed by atoms with Gasteiger partial charge in [-0.15, -0.1) is 0 Å². The van der Waals surface area contributed by atoms with Crippen LogP contribution in [0.2, 0.25) is 0 Å². The molecule has 0 bridgehead atoms. The number of carbonyl (C=O) groups is 7. The summed E-state index contributed by atoms with van der Waals surface area (Å²) in [6.07, 6.45) is -14.5. The van der Waals surface area contributed by atoms with Crippen LogP contribution in [0.4, 0.5) is 0 Å². The molecule has 7 rings (SSSR count). The van der Waals surface area contributed by atoms with E-state index in [1.807, 2.05) is 48.5 Å². The number of carboxylic acid groups (broad SMARTS) is 1. The van der Waals surface area contributed by atoms with E-state index in [4.69, 9.17) is 47.4 Å². The van der Waals surface area contributed by atoms with Gasteiger partial charge >= 0.3 is 35.8 Å². The van der Waals surface area contributed by atoms with Crippen molar-refractivity contribution in [3.63, 3.8) is 0 Å². The highest BCUT2D eigenvalue weighted by Gasteiger charge is 2.58. The Kier molecular flexibility index (Phi) is 15.1. The van der Waals surface area contributed by atoms with E-state index in [2.05, 4.69) is 5.32 Å². The molecule has 66 heavy (non-hydrogen) atoms. The molecule has 0 aromatic heterocycles. The zero-order valence-electron chi connectivity index (χ0n) is 36.7. The van der Waals surface area contributed by atoms with Gasteiger partial charge in [-0.3, -0.25) is 33.6 Å². The summed E-state index contributed by atoms with van der Waals surface area (Å²) in [7, 11) is 0. The topological polar surface area (TPSA) is 244 Å². The number of esters is 5. The number of fused-ring (bicyclic) bond motifs is 4. The second-order valence-corrected chi connectivity index (χ2v) is 16.3. The van der Waals surface area contributed by atoms with Crippen molar-refractivity contribution >= 4 is 41.7 Å². The van der Waals surface area contributed by atoms with Crippen molar-refractivity contribution in [2.45, 2.75) is 114 Å². The minimum absolute atomic E-state index is 0.158. The molecule has 352 valence electrons. The fourth-order valence-electron chi connectivity index (χ4n) is 8.93. The molecule has 1 amide bonds. The predicted molar refractivity (Wildman–Crippen MR) is 224 cm³/mol. The number of carbonyl (C=O) groups excluding carboxylic acids is 6. The van der Waals surface area contributed by atoms with Crippen molar-refractivity contribution in [1.82, 2.24) is 5.32 Å². The third-order valence-electron chi connectivity index (χ3n) is 11.6. The van der Waals surface area contributed by atoms with Crippen molar-refractivity contribution < 1.29 is 86.0 Å². The van der Waals surface area contributed by atoms with Crippen LogP contribution in [0.1, 0.15) is 69.9 Å². The molecular weight excluding hydrogens is 867 g/mol. The number of rotatable bonds is 15. The Morgan fingerprint density at radius 3 is 1.83 bits per heavy atom. The molecule has 19 heteroatoms. The molecule has 1 unspecified atom stereocenters. The van der Waals surface area contributed by atoms with Crippen molar-refractivity contribution in [2.24, 2.45) is 5.92 Å². The molecule has 3 aromatic carbocycles. The zero-order chi connectivity index (χ0) is 47.2. The van der Waals surface area contributed by atoms with Crippen molar-refractivity contribution in [3.05, 3.63) is 95.6 Å². The van der Waals surface area contributed by atoms with Gasteiger partial charge in [0.25, 0.3) is 0 Å². The minimum Gasteiger partial charge on any atom is -0.481 e. The summed E-state index contributed by atoms with van der Waals surface area (Å²) in [6, 6.07) is 22.8. The van der Waals surface area contributed by atoms with Crippen molar-refractivity contribution in [3.8, 4) is 11.1 Å². The van der Waals surface area contributed by atoms with E-state index in [-0.39, 0.29) is 19.1 Å². The first-order chi connectivity index (χ1) is 31.6. The molecule has 3 aromatic rings. The molecule has 3 heterocycles. The lowest BCUT2D eigenvalue weighted by Crippen LogP contribution is -2.70. The molecule has 3 saturated heterocycles. The first-order valence-corrected chi connectivity index (χ1v) is 21.4. The van der Waals surface area contributed by atoms with Gasteiger partial charge in [0, 0.05) is 46.1 Å². The van der Waals surface area contributed by atoms with Crippen LogP contribution < -0.4 is 5.32 Å². The summed E-state index contributed by atoms with van der Waals surface area (Å²) in [5.74, 6) is -8.78. The smallest absolute Gasteiger partial charge is 0.320 e. The van der Waals surface area contributed by atoms with E-state index in [1.165, 1.54) is 6.92 Å². The highest BCUT2D eigenvalue weighted by Crippen LogP contribution is 2.45. The average molecular weight is 918 g/mol. The summed E-state index contributed by atoms with van der Waals surface area (Å²) >= 11 is 0. The lowest BCUT2D eigenvalue weighted by atomic mass is 9.86. The fraction of sp³-hybridized carbons (Fsp3) is 0.468. The van der Waals surface area contributed by atoms with E-state index in [1.54, 1.807) is 30.3 Å². The monoisotopic (exact) mass is 917 g/mol. The summed E-state index contributed by atoms with van der Waals surface area (Å²) < 4.78 is 60.0. The number of ether oxygens (including phenoxy) is 10. The Morgan fingerprint density at radius 2 is 1.24 bits per heavy atom. The average Bonchev–Trinajstić information content (AvgIpc) is 3.59. The number of hydrogen-bond donors (Lipinski definition) is 2. The third kappa shape index (κ3) is 10.9. The molecule has 0 saturated carbocycles. The lowest BCUT2D eigenvalue weighted by molar-refractivity contribution is -0.362. The Morgan fingerprint density at radius 1 is 0.652 bits per heavy atom. The first kappa shape index (κ1) is 47.7. The maximum Gasteiger partial charge on any atom is 0.320 e. The third-order valence-corrected chi connectivity index (χ3v) is 11.6. The standard InChI is InChI=1S/C47H51NO18/c1-23(49)48-38-35(19-33(44(54)55)45(56)58-20-34-31-17-11-9-15-29(31)30-16-10-12-18-32(30)34)63-36-22-59-46(28-13-7-6-8-14-28)65-39(36)41(38)66-47-43(62-27(5)53)42(61-26(4)52)40(60-25(3)51)37(64-47)21-57-24(2)50/h6-18,33-43,46-47H,19-22H2,1-5H3,(H,48,49)(H,54,55)/t33-,35+,36+,37+,38-,39-,40-,41+,42-,43+,46?,47-/m0/s1. The van der Waals surface area contributed by atoms with Crippen LogP contribution in [0.5, 0.6) is 0 Å². The van der Waals surface area contributed by atoms with E-state index < -0.39 is 128 Å². The van der Waals surface area contributed by atoms with Gasteiger partial charge in [-0.1, -0.05) is 78.9 Å². The predicted octanol–water partition coefficient (Wildman–Crippen LogP) is 3.29. The van der Waals surface area contributed by atoms with Crippen molar-refractivity contribution in [2.75, 3.05) is 19.8 Å². The molecule has 0 spiro atoms. The minimum atomic E-state index is -1.83. The van der Waals surface area contributed by atoms with Gasteiger partial charge in [0.2, 0.25) is 5.91 Å². The number of carboxylic acids is 1. The highest BCUT2D eigenvalue weighted by atomic mass is 16.8. The highest BCUT2D eigenvalue weighted by molar-refractivity contribution is 5.94. The zero-order valence-corrected chi connectivity index (χ0v) is 36.7. The normalized spacial score (nSPS) is 28.2. The molecule has 19 nitrogen and oxygen atoms in total. The molecule has 2 N–H and O–H groups in total. The molecular formula is C47H51NO18. The van der Waals surface area contributed by atoms with E-state index in [9.17, 15) is 38.7 Å². The van der Waals surface area contributed by atoms with Crippen LogP contribution in [0.15, 0.2) is 78.9 Å². The van der Waals surface area contributed by atoms with Crippen LogP contribution in [0.25, 0.3) is 11.1 Å². The molecule has 3 aliphatic heterocycles. The Balaban J connectivity index is 1.23. The molecule has 12 atom stereocenters. The molecule has 1 aliphatic carbocycles. The van der Waals surface area contributed by atoms with Crippen LogP contribution in [0.3, 0.4) is 0 Å². The first-order valence-electron chi connectivity index (χ1n) is 21.4. The number of benzene rings is 3. The second kappa shape index (κ2) is 20.9. The summed E-state index contributed by atoms with van der Waals surface area (Å²) in [5, 5.41) is 13.4. The number of nitrogens with one attached hydrogen (secondary N) is 1. The van der Waals surface area contributed by atoms with Gasteiger partial charge in [-0.25, -0.2) is 0 Å².